The van der Waals surface area contributed by atoms with E-state index in [-0.39, 0.29) is 0 Å². The predicted molar refractivity (Wildman–Crippen MR) is 60.8 cm³/mol. The monoisotopic (exact) mass is 252 g/mol. The summed E-state index contributed by atoms with van der Waals surface area (Å²) in [4.78, 5) is 30.0. The van der Waals surface area contributed by atoms with Crippen LogP contribution in [0.25, 0.3) is 6.08 Å². The number of carbonyl (C=O) groups is 2. The molecule has 18 heavy (non-hydrogen) atoms. The quantitative estimate of drug-likeness (QED) is 0.447. The summed E-state index contributed by atoms with van der Waals surface area (Å²) < 4.78 is 0. The van der Waals surface area contributed by atoms with E-state index in [4.69, 9.17) is 10.2 Å². The number of rotatable bonds is 4. The zero-order valence-corrected chi connectivity index (χ0v) is 9.35. The number of aliphatic hydroxyl groups is 2. The molecule has 0 radical (unpaired) electrons. The van der Waals surface area contributed by atoms with Gasteiger partial charge >= 0.3 is 11.9 Å². The minimum atomic E-state index is -1.73. The highest BCUT2D eigenvalue weighted by Crippen LogP contribution is 2.01. The first-order chi connectivity index (χ1) is 8.63. The van der Waals surface area contributed by atoms with Crippen LogP contribution in [0.4, 0.5) is 0 Å². The fourth-order valence-electron chi connectivity index (χ4n) is 0.968. The molecule has 1 aromatic rings. The molecule has 96 valence electrons. The minimum Gasteiger partial charge on any atom is -0.393 e. The van der Waals surface area contributed by atoms with Gasteiger partial charge in [-0.15, -0.1) is 0 Å². The molecule has 0 aliphatic carbocycles. The molecule has 0 heterocycles. The van der Waals surface area contributed by atoms with Crippen LogP contribution in [0.3, 0.4) is 0 Å². The average molecular weight is 252 g/mol. The van der Waals surface area contributed by atoms with Gasteiger partial charge in [-0.2, -0.15) is 0 Å². The first-order valence-electron chi connectivity index (χ1n) is 5.08. The molecule has 0 aromatic heterocycles. The van der Waals surface area contributed by atoms with Gasteiger partial charge in [0.25, 0.3) is 0 Å². The molecule has 0 aliphatic heterocycles. The van der Waals surface area contributed by atoms with E-state index in [0.717, 1.165) is 11.6 Å². The maximum Gasteiger partial charge on any atom is 0.386 e. The molecule has 0 saturated carbocycles. The molecule has 0 aliphatic rings. The number of carbonyl (C=O) groups excluding carboxylic acids is 2. The van der Waals surface area contributed by atoms with E-state index in [1.807, 2.05) is 6.07 Å². The summed E-state index contributed by atoms with van der Waals surface area (Å²) in [5, 5.41) is 17.2. The number of aliphatic hydroxyl groups excluding tert-OH is 2. The van der Waals surface area contributed by atoms with Gasteiger partial charge in [0.15, 0.2) is 6.10 Å². The lowest BCUT2D eigenvalue weighted by Crippen LogP contribution is -2.27. The maximum atomic E-state index is 11.1. The third-order valence-electron chi connectivity index (χ3n) is 1.86. The van der Waals surface area contributed by atoms with Gasteiger partial charge in [-0.05, 0) is 11.6 Å². The van der Waals surface area contributed by atoms with Crippen LogP contribution in [0.1, 0.15) is 5.56 Å². The zero-order chi connectivity index (χ0) is 13.4. The summed E-state index contributed by atoms with van der Waals surface area (Å²) in [5.41, 5.74) is 0.774. The Morgan fingerprint density at radius 1 is 1.22 bits per heavy atom. The van der Waals surface area contributed by atoms with Crippen molar-refractivity contribution in [1.29, 1.82) is 0 Å². The molecule has 1 unspecified atom stereocenters. The fourth-order valence-corrected chi connectivity index (χ4v) is 0.968. The Hall–Kier alpha value is -2.18. The summed E-state index contributed by atoms with van der Waals surface area (Å²) in [6, 6.07) is 8.95. The van der Waals surface area contributed by atoms with Crippen molar-refractivity contribution in [2.75, 3.05) is 6.61 Å². The summed E-state index contributed by atoms with van der Waals surface area (Å²) in [6.07, 6.45) is 0.808. The molecule has 1 aromatic carbocycles. The Balaban J connectivity index is 2.39. The SMILES string of the molecule is O=C(C=Cc1ccccc1)OOC(=O)C(O)CO. The highest BCUT2D eigenvalue weighted by Gasteiger charge is 2.17. The molecule has 0 bridgehead atoms. The summed E-state index contributed by atoms with van der Waals surface area (Å²) in [5.74, 6) is -2.14. The van der Waals surface area contributed by atoms with Gasteiger partial charge < -0.3 is 10.2 Å². The Bertz CT molecular complexity index is 425. The molecular formula is C12H12O6. The zero-order valence-electron chi connectivity index (χ0n) is 9.35. The Kier molecular flexibility index (Phi) is 5.56. The van der Waals surface area contributed by atoms with Gasteiger partial charge in [0, 0.05) is 6.08 Å². The second-order valence-electron chi connectivity index (χ2n) is 3.25. The van der Waals surface area contributed by atoms with Crippen molar-refractivity contribution in [2.24, 2.45) is 0 Å². The second kappa shape index (κ2) is 7.21. The van der Waals surface area contributed by atoms with Crippen molar-refractivity contribution in [1.82, 2.24) is 0 Å². The Morgan fingerprint density at radius 2 is 1.89 bits per heavy atom. The molecule has 6 heteroatoms. The molecule has 1 rings (SSSR count). The second-order valence-corrected chi connectivity index (χ2v) is 3.25. The van der Waals surface area contributed by atoms with E-state index < -0.39 is 24.6 Å². The van der Waals surface area contributed by atoms with Crippen molar-refractivity contribution < 1.29 is 29.6 Å². The smallest absolute Gasteiger partial charge is 0.386 e. The van der Waals surface area contributed by atoms with E-state index in [0.29, 0.717) is 0 Å². The molecule has 6 nitrogen and oxygen atoms in total. The van der Waals surface area contributed by atoms with Crippen LogP contribution in [0.15, 0.2) is 36.4 Å². The molecular weight excluding hydrogens is 240 g/mol. The predicted octanol–water partition coefficient (Wildman–Crippen LogP) is 0.0544. The molecule has 0 fully saturated rings. The topological polar surface area (TPSA) is 93.1 Å². The largest absolute Gasteiger partial charge is 0.393 e. The van der Waals surface area contributed by atoms with Gasteiger partial charge in [0.05, 0.1) is 6.61 Å². The van der Waals surface area contributed by atoms with Crippen molar-refractivity contribution >= 4 is 18.0 Å². The van der Waals surface area contributed by atoms with Crippen molar-refractivity contribution in [3.8, 4) is 0 Å². The van der Waals surface area contributed by atoms with Gasteiger partial charge in [-0.25, -0.2) is 19.4 Å². The highest BCUT2D eigenvalue weighted by molar-refractivity contribution is 5.87. The Labute approximate surface area is 103 Å². The van der Waals surface area contributed by atoms with Crippen LogP contribution in [0, 0.1) is 0 Å². The van der Waals surface area contributed by atoms with E-state index >= 15 is 0 Å². The van der Waals surface area contributed by atoms with Crippen LogP contribution in [0.5, 0.6) is 0 Å². The fraction of sp³-hybridized carbons (Fsp3) is 0.167. The first kappa shape index (κ1) is 13.9. The van der Waals surface area contributed by atoms with E-state index in [1.165, 1.54) is 6.08 Å². The van der Waals surface area contributed by atoms with Crippen molar-refractivity contribution in [2.45, 2.75) is 6.10 Å². The first-order valence-corrected chi connectivity index (χ1v) is 5.08. The summed E-state index contributed by atoms with van der Waals surface area (Å²) >= 11 is 0. The van der Waals surface area contributed by atoms with Crippen LogP contribution >= 0.6 is 0 Å². The number of hydrogen-bond acceptors (Lipinski definition) is 6. The van der Waals surface area contributed by atoms with E-state index in [1.54, 1.807) is 24.3 Å². The van der Waals surface area contributed by atoms with E-state index in [2.05, 4.69) is 9.78 Å². The lowest BCUT2D eigenvalue weighted by atomic mass is 10.2. The van der Waals surface area contributed by atoms with Gasteiger partial charge in [-0.1, -0.05) is 30.3 Å². The lowest BCUT2D eigenvalue weighted by molar-refractivity contribution is -0.261. The van der Waals surface area contributed by atoms with Crippen molar-refractivity contribution in [3.63, 3.8) is 0 Å². The van der Waals surface area contributed by atoms with Crippen LogP contribution in [-0.4, -0.2) is 34.9 Å². The molecule has 0 amide bonds. The molecule has 1 atom stereocenters. The van der Waals surface area contributed by atoms with Gasteiger partial charge in [0.1, 0.15) is 0 Å². The number of benzene rings is 1. The van der Waals surface area contributed by atoms with Crippen LogP contribution in [-0.2, 0) is 19.4 Å². The summed E-state index contributed by atoms with van der Waals surface area (Å²) in [7, 11) is 0. The minimum absolute atomic E-state index is 0.774. The third-order valence-corrected chi connectivity index (χ3v) is 1.86. The molecule has 0 spiro atoms. The maximum absolute atomic E-state index is 11.1. The standard InChI is InChI=1S/C12H12O6/c13-8-10(14)12(16)18-17-11(15)7-6-9-4-2-1-3-5-9/h1-7,10,13-14H,8H2. The van der Waals surface area contributed by atoms with Gasteiger partial charge in [0.2, 0.25) is 0 Å². The highest BCUT2D eigenvalue weighted by atomic mass is 17.2. The normalized spacial score (nSPS) is 12.1. The van der Waals surface area contributed by atoms with Gasteiger partial charge in [-0.3, -0.25) is 0 Å². The molecule has 2 N–H and O–H groups in total. The third kappa shape index (κ3) is 4.77. The van der Waals surface area contributed by atoms with Crippen LogP contribution < -0.4 is 0 Å². The molecule has 0 saturated heterocycles. The van der Waals surface area contributed by atoms with E-state index in [9.17, 15) is 9.59 Å². The average Bonchev–Trinajstić information content (AvgIpc) is 2.42. The number of hydrogen-bond donors (Lipinski definition) is 2. The van der Waals surface area contributed by atoms with Crippen LogP contribution in [0.2, 0.25) is 0 Å². The summed E-state index contributed by atoms with van der Waals surface area (Å²) in [6.45, 7) is -0.809. The lowest BCUT2D eigenvalue weighted by Gasteiger charge is -2.04. The van der Waals surface area contributed by atoms with Crippen molar-refractivity contribution in [3.05, 3.63) is 42.0 Å². The Morgan fingerprint density at radius 3 is 2.50 bits per heavy atom.